The molecule has 0 spiro atoms. The standard InChI is InChI=1S/C18H17F2N3/c1-12-8-7-9-13(2)15(12)23-16(14-10-5-4-6-11-14)21-22-17(23)18(3,19)20/h4-11H,1-3H3. The fraction of sp³-hybridized carbons (Fsp3) is 0.222. The highest BCUT2D eigenvalue weighted by Gasteiger charge is 2.34. The van der Waals surface area contributed by atoms with Crippen molar-refractivity contribution in [2.24, 2.45) is 0 Å². The van der Waals surface area contributed by atoms with Crippen LogP contribution in [0.25, 0.3) is 17.1 Å². The summed E-state index contributed by atoms with van der Waals surface area (Å²) in [4.78, 5) is 0. The molecule has 0 atom stereocenters. The van der Waals surface area contributed by atoms with Crippen LogP contribution in [0.1, 0.15) is 23.9 Å². The average molecular weight is 313 g/mol. The fourth-order valence-corrected chi connectivity index (χ4v) is 2.71. The first-order valence-electron chi connectivity index (χ1n) is 7.35. The Labute approximate surface area is 133 Å². The minimum Gasteiger partial charge on any atom is -0.273 e. The average Bonchev–Trinajstić information content (AvgIpc) is 2.93. The van der Waals surface area contributed by atoms with Crippen LogP contribution in [0.2, 0.25) is 0 Å². The van der Waals surface area contributed by atoms with E-state index in [9.17, 15) is 8.78 Å². The predicted molar refractivity (Wildman–Crippen MR) is 85.8 cm³/mol. The highest BCUT2D eigenvalue weighted by Crippen LogP contribution is 2.33. The molecule has 0 aliphatic carbocycles. The Morgan fingerprint density at radius 3 is 2.04 bits per heavy atom. The highest BCUT2D eigenvalue weighted by atomic mass is 19.3. The van der Waals surface area contributed by atoms with Gasteiger partial charge in [0.15, 0.2) is 5.82 Å². The van der Waals surface area contributed by atoms with E-state index < -0.39 is 5.92 Å². The SMILES string of the molecule is Cc1cccc(C)c1-n1c(-c2ccccc2)nnc1C(C)(F)F. The summed E-state index contributed by atoms with van der Waals surface area (Å²) in [5.41, 5.74) is 3.24. The maximum atomic E-state index is 14.1. The molecule has 3 rings (SSSR count). The smallest absolute Gasteiger partial charge is 0.273 e. The molecular weight excluding hydrogens is 296 g/mol. The highest BCUT2D eigenvalue weighted by molar-refractivity contribution is 5.61. The van der Waals surface area contributed by atoms with Gasteiger partial charge in [-0.1, -0.05) is 48.5 Å². The Balaban J connectivity index is 2.35. The van der Waals surface area contributed by atoms with Crippen LogP contribution in [0, 0.1) is 13.8 Å². The summed E-state index contributed by atoms with van der Waals surface area (Å²) in [5, 5.41) is 7.83. The van der Waals surface area contributed by atoms with Gasteiger partial charge >= 0.3 is 5.92 Å². The summed E-state index contributed by atoms with van der Waals surface area (Å²) in [6.07, 6.45) is 0. The lowest BCUT2D eigenvalue weighted by molar-refractivity contribution is 0.00591. The predicted octanol–water partition coefficient (Wildman–Crippen LogP) is 4.66. The molecular formula is C18H17F2N3. The molecule has 0 N–H and O–H groups in total. The number of aromatic nitrogens is 3. The van der Waals surface area contributed by atoms with E-state index >= 15 is 0 Å². The topological polar surface area (TPSA) is 30.7 Å². The summed E-state index contributed by atoms with van der Waals surface area (Å²) in [6, 6.07) is 15.0. The molecule has 0 saturated heterocycles. The van der Waals surface area contributed by atoms with Gasteiger partial charge in [0.1, 0.15) is 0 Å². The van der Waals surface area contributed by atoms with Gasteiger partial charge in [0, 0.05) is 12.5 Å². The molecule has 0 bridgehead atoms. The van der Waals surface area contributed by atoms with Gasteiger partial charge < -0.3 is 0 Å². The summed E-state index contributed by atoms with van der Waals surface area (Å²) < 4.78 is 29.6. The third-order valence-electron chi connectivity index (χ3n) is 3.75. The van der Waals surface area contributed by atoms with Crippen molar-refractivity contribution < 1.29 is 8.78 Å². The fourth-order valence-electron chi connectivity index (χ4n) is 2.71. The second-order valence-electron chi connectivity index (χ2n) is 5.68. The Hall–Kier alpha value is -2.56. The van der Waals surface area contributed by atoms with E-state index in [0.717, 1.165) is 23.6 Å². The number of halogens is 2. The minimum absolute atomic E-state index is 0.353. The first-order valence-corrected chi connectivity index (χ1v) is 7.35. The van der Waals surface area contributed by atoms with Crippen LogP contribution in [0.3, 0.4) is 0 Å². The van der Waals surface area contributed by atoms with Crippen molar-refractivity contribution in [3.63, 3.8) is 0 Å². The van der Waals surface area contributed by atoms with Crippen LogP contribution >= 0.6 is 0 Å². The van der Waals surface area contributed by atoms with Gasteiger partial charge in [-0.3, -0.25) is 4.57 Å². The number of hydrogen-bond acceptors (Lipinski definition) is 2. The molecule has 23 heavy (non-hydrogen) atoms. The molecule has 5 heteroatoms. The molecule has 1 aromatic heterocycles. The zero-order valence-corrected chi connectivity index (χ0v) is 13.2. The van der Waals surface area contributed by atoms with Crippen LogP contribution in [0.15, 0.2) is 48.5 Å². The van der Waals surface area contributed by atoms with Crippen molar-refractivity contribution in [2.75, 3.05) is 0 Å². The van der Waals surface area contributed by atoms with Crippen LogP contribution in [-0.4, -0.2) is 14.8 Å². The Morgan fingerprint density at radius 2 is 1.48 bits per heavy atom. The minimum atomic E-state index is -3.09. The lowest BCUT2D eigenvalue weighted by Gasteiger charge is -2.18. The molecule has 0 fully saturated rings. The van der Waals surface area contributed by atoms with Gasteiger partial charge in [0.25, 0.3) is 0 Å². The number of aryl methyl sites for hydroxylation is 2. The van der Waals surface area contributed by atoms with Crippen LogP contribution in [0.5, 0.6) is 0 Å². The number of alkyl halides is 2. The summed E-state index contributed by atoms with van der Waals surface area (Å²) >= 11 is 0. The van der Waals surface area contributed by atoms with Gasteiger partial charge in [-0.15, -0.1) is 10.2 Å². The first-order chi connectivity index (χ1) is 10.9. The Kier molecular flexibility index (Phi) is 3.72. The quantitative estimate of drug-likeness (QED) is 0.704. The number of para-hydroxylation sites is 1. The molecule has 0 saturated carbocycles. The van der Waals surface area contributed by atoms with E-state index in [1.165, 1.54) is 4.57 Å². The molecule has 2 aromatic carbocycles. The number of rotatable bonds is 3. The van der Waals surface area contributed by atoms with Crippen molar-refractivity contribution >= 4 is 0 Å². The van der Waals surface area contributed by atoms with E-state index in [4.69, 9.17) is 0 Å². The monoisotopic (exact) mass is 313 g/mol. The number of benzene rings is 2. The van der Waals surface area contributed by atoms with Crippen molar-refractivity contribution in [1.29, 1.82) is 0 Å². The molecule has 3 aromatic rings. The zero-order valence-electron chi connectivity index (χ0n) is 13.2. The van der Waals surface area contributed by atoms with Crippen LogP contribution < -0.4 is 0 Å². The van der Waals surface area contributed by atoms with Crippen molar-refractivity contribution in [2.45, 2.75) is 26.7 Å². The van der Waals surface area contributed by atoms with Crippen molar-refractivity contribution in [3.05, 3.63) is 65.5 Å². The van der Waals surface area contributed by atoms with Gasteiger partial charge in [-0.25, -0.2) is 0 Å². The molecule has 118 valence electrons. The van der Waals surface area contributed by atoms with Crippen LogP contribution in [-0.2, 0) is 5.92 Å². The molecule has 0 aliphatic heterocycles. The molecule has 0 radical (unpaired) electrons. The van der Waals surface area contributed by atoms with Gasteiger partial charge in [0.2, 0.25) is 5.82 Å². The van der Waals surface area contributed by atoms with Gasteiger partial charge in [-0.05, 0) is 25.0 Å². The van der Waals surface area contributed by atoms with Crippen molar-refractivity contribution in [1.82, 2.24) is 14.8 Å². The second kappa shape index (κ2) is 5.57. The van der Waals surface area contributed by atoms with E-state index in [2.05, 4.69) is 10.2 Å². The third-order valence-corrected chi connectivity index (χ3v) is 3.75. The van der Waals surface area contributed by atoms with Crippen LogP contribution in [0.4, 0.5) is 8.78 Å². The van der Waals surface area contributed by atoms with E-state index in [-0.39, 0.29) is 5.82 Å². The molecule has 0 aliphatic rings. The second-order valence-corrected chi connectivity index (χ2v) is 5.68. The normalized spacial score (nSPS) is 11.7. The summed E-state index contributed by atoms with van der Waals surface area (Å²) in [7, 11) is 0. The number of nitrogens with zero attached hydrogens (tertiary/aromatic N) is 3. The molecule has 0 unspecified atom stereocenters. The maximum absolute atomic E-state index is 14.1. The third kappa shape index (κ3) is 2.74. The van der Waals surface area contributed by atoms with Gasteiger partial charge in [-0.2, -0.15) is 8.78 Å². The molecule has 3 nitrogen and oxygen atoms in total. The molecule has 1 heterocycles. The van der Waals surface area contributed by atoms with Gasteiger partial charge in [0.05, 0.1) is 5.69 Å². The lowest BCUT2D eigenvalue weighted by atomic mass is 10.1. The lowest BCUT2D eigenvalue weighted by Crippen LogP contribution is -2.17. The van der Waals surface area contributed by atoms with Crippen molar-refractivity contribution in [3.8, 4) is 17.1 Å². The van der Waals surface area contributed by atoms with E-state index in [1.807, 2.05) is 62.4 Å². The Morgan fingerprint density at radius 1 is 0.870 bits per heavy atom. The number of hydrogen-bond donors (Lipinski definition) is 0. The first kappa shape index (κ1) is 15.3. The van der Waals surface area contributed by atoms with E-state index in [1.54, 1.807) is 0 Å². The summed E-state index contributed by atoms with van der Waals surface area (Å²) in [6.45, 7) is 4.64. The largest absolute Gasteiger partial charge is 0.304 e. The summed E-state index contributed by atoms with van der Waals surface area (Å²) in [5.74, 6) is -3.03. The zero-order chi connectivity index (χ0) is 16.6. The Bertz CT molecular complexity index is 813. The molecule has 0 amide bonds. The maximum Gasteiger partial charge on any atom is 0.304 e. The van der Waals surface area contributed by atoms with E-state index in [0.29, 0.717) is 11.5 Å².